The Bertz CT molecular complexity index is 1900. The highest BCUT2D eigenvalue weighted by Gasteiger charge is 2.46. The van der Waals surface area contributed by atoms with Crippen LogP contribution in [-0.4, -0.2) is 91.5 Å². The molecule has 2 heterocycles. The average Bonchev–Trinajstić information content (AvgIpc) is 3.61. The van der Waals surface area contributed by atoms with E-state index in [0.29, 0.717) is 19.3 Å². The molecule has 0 saturated carbocycles. The number of carbonyl (C=O) groups excluding carboxylic acids is 3. The number of unbranched alkanes of at least 4 members (excludes halogenated alkanes) is 22. The zero-order valence-electron chi connectivity index (χ0n) is 44.1. The van der Waals surface area contributed by atoms with Crippen LogP contribution in [0.2, 0.25) is 0 Å². The minimum atomic E-state index is -5.44. The zero-order valence-corrected chi connectivity index (χ0v) is 45.9. The summed E-state index contributed by atoms with van der Waals surface area (Å²) in [4.78, 5) is 73.8. The third-order valence-corrected chi connectivity index (χ3v) is 15.0. The number of phosphoric acid groups is 2. The van der Waals surface area contributed by atoms with E-state index >= 15 is 0 Å². The number of aliphatic hydroxyl groups excluding tert-OH is 2. The van der Waals surface area contributed by atoms with Crippen LogP contribution in [0.3, 0.4) is 0 Å². The maximum absolute atomic E-state index is 12.9. The van der Waals surface area contributed by atoms with E-state index < -0.39 is 83.7 Å². The van der Waals surface area contributed by atoms with E-state index in [1.807, 2.05) is 12.2 Å². The van der Waals surface area contributed by atoms with Crippen LogP contribution in [-0.2, 0) is 51.1 Å². The summed E-state index contributed by atoms with van der Waals surface area (Å²) in [7, 11) is -10.9. The molecule has 0 aromatic carbocycles. The van der Waals surface area contributed by atoms with Crippen LogP contribution in [0.1, 0.15) is 213 Å². The van der Waals surface area contributed by atoms with E-state index in [9.17, 15) is 48.3 Å². The molecule has 1 aromatic rings. The summed E-state index contributed by atoms with van der Waals surface area (Å²) in [6.07, 6.45) is 29.5. The summed E-state index contributed by atoms with van der Waals surface area (Å²) >= 11 is 0. The lowest BCUT2D eigenvalue weighted by molar-refractivity contribution is -0.161. The van der Waals surface area contributed by atoms with Gasteiger partial charge in [-0.1, -0.05) is 174 Å². The van der Waals surface area contributed by atoms with Gasteiger partial charge < -0.3 is 39.9 Å². The number of hydrogen-bond acceptors (Lipinski definition) is 16. The molecule has 2 rings (SSSR count). The number of carbonyl (C=O) groups is 3. The summed E-state index contributed by atoms with van der Waals surface area (Å²) in [5.74, 6) is -0.417. The van der Waals surface area contributed by atoms with E-state index in [4.69, 9.17) is 29.0 Å². The standard InChI is InChI=1S/C52H91N3O16P2/c1-4-5-27-33-43(56)34-29-24-20-16-14-18-22-26-31-36-48(58)69-44(39-66-47(57)35-30-25-21-17-13-11-9-7-6-8-10-12-15-19-23-28-32-42(2)3)40-67-72(62,63)71-73(64,65)68-41-45-49(59)50(60)51(70-45)55-38-37-46(53)54-52(55)61/h20,24,29,34,37-38,42,44-45,49-51,59-60H,4-19,21-23,25-28,30-33,35-36,39-41H2,1-3H3,(H,62,63)(H,64,65)(H2,53,54,61)/b24-20-,34-29+/t44-,45-,49-,50-,51-/m1/s1. The fourth-order valence-electron chi connectivity index (χ4n) is 8.19. The summed E-state index contributed by atoms with van der Waals surface area (Å²) < 4.78 is 56.8. The van der Waals surface area contributed by atoms with Crippen molar-refractivity contribution in [1.29, 1.82) is 0 Å². The van der Waals surface area contributed by atoms with Crippen molar-refractivity contribution in [3.8, 4) is 0 Å². The smallest absolute Gasteiger partial charge is 0.462 e. The quantitative estimate of drug-likeness (QED) is 0.0133. The summed E-state index contributed by atoms with van der Waals surface area (Å²) in [6.45, 7) is 4.32. The molecule has 6 N–H and O–H groups in total. The largest absolute Gasteiger partial charge is 0.481 e. The Morgan fingerprint density at radius 3 is 1.84 bits per heavy atom. The molecule has 2 unspecified atom stereocenters. The molecule has 1 aromatic heterocycles. The number of esters is 2. The molecule has 0 amide bonds. The van der Waals surface area contributed by atoms with Crippen molar-refractivity contribution in [1.82, 2.24) is 9.55 Å². The third kappa shape index (κ3) is 32.8. The summed E-state index contributed by atoms with van der Waals surface area (Å²) in [6, 6.07) is 1.24. The van der Waals surface area contributed by atoms with Gasteiger partial charge in [0.05, 0.1) is 13.2 Å². The fraction of sp³-hybridized carbons (Fsp3) is 0.788. The van der Waals surface area contributed by atoms with Gasteiger partial charge in [0.2, 0.25) is 0 Å². The number of allylic oxidation sites excluding steroid dienone is 4. The maximum Gasteiger partial charge on any atom is 0.481 e. The van der Waals surface area contributed by atoms with E-state index in [1.165, 1.54) is 83.1 Å². The molecule has 0 spiro atoms. The lowest BCUT2D eigenvalue weighted by Gasteiger charge is -2.21. The van der Waals surface area contributed by atoms with E-state index in [1.54, 1.807) is 12.2 Å². The average molecular weight is 1080 g/mol. The maximum atomic E-state index is 12.9. The van der Waals surface area contributed by atoms with Crippen LogP contribution in [0.25, 0.3) is 0 Å². The Kier molecular flexibility index (Phi) is 35.6. The van der Waals surface area contributed by atoms with Crippen molar-refractivity contribution >= 4 is 39.2 Å². The second kappa shape index (κ2) is 39.3. The Morgan fingerprint density at radius 2 is 1.26 bits per heavy atom. The van der Waals surface area contributed by atoms with Gasteiger partial charge in [0.25, 0.3) is 0 Å². The number of aliphatic hydroxyl groups is 2. The molecular weight excluding hydrogens is 985 g/mol. The molecule has 7 atom stereocenters. The molecule has 1 aliphatic heterocycles. The van der Waals surface area contributed by atoms with Crippen LogP contribution in [0.5, 0.6) is 0 Å². The Labute approximate surface area is 434 Å². The first kappa shape index (κ1) is 66.0. The number of phosphoric ester groups is 2. The number of nitrogens with zero attached hydrogens (tertiary/aromatic N) is 2. The zero-order chi connectivity index (χ0) is 53.7. The lowest BCUT2D eigenvalue weighted by Crippen LogP contribution is -2.36. The molecular formula is C52H91N3O16P2. The molecule has 1 saturated heterocycles. The highest BCUT2D eigenvalue weighted by molar-refractivity contribution is 7.61. The van der Waals surface area contributed by atoms with Crippen molar-refractivity contribution in [3.05, 3.63) is 47.1 Å². The van der Waals surface area contributed by atoms with Gasteiger partial charge in [-0.3, -0.25) is 28.0 Å². The van der Waals surface area contributed by atoms with Crippen molar-refractivity contribution in [2.24, 2.45) is 5.92 Å². The van der Waals surface area contributed by atoms with Crippen molar-refractivity contribution in [2.75, 3.05) is 25.6 Å². The topological polar surface area (TPSA) is 283 Å². The molecule has 0 bridgehead atoms. The highest BCUT2D eigenvalue weighted by atomic mass is 31.3. The van der Waals surface area contributed by atoms with E-state index in [-0.39, 0.29) is 24.4 Å². The molecule has 21 heteroatoms. The molecule has 0 radical (unpaired) electrons. The predicted octanol–water partition coefficient (Wildman–Crippen LogP) is 10.8. The number of ether oxygens (including phenoxy) is 3. The number of aromatic nitrogens is 2. The van der Waals surface area contributed by atoms with Crippen molar-refractivity contribution in [3.63, 3.8) is 0 Å². The van der Waals surface area contributed by atoms with Gasteiger partial charge in [0, 0.05) is 25.5 Å². The Morgan fingerprint density at radius 1 is 0.726 bits per heavy atom. The van der Waals surface area contributed by atoms with Crippen LogP contribution in [0.4, 0.5) is 5.82 Å². The van der Waals surface area contributed by atoms with Crippen molar-refractivity contribution < 1.29 is 71.1 Å². The van der Waals surface area contributed by atoms with Crippen LogP contribution in [0.15, 0.2) is 41.4 Å². The number of nitrogens with two attached hydrogens (primary N) is 1. The van der Waals surface area contributed by atoms with E-state index in [2.05, 4.69) is 30.1 Å². The lowest BCUT2D eigenvalue weighted by atomic mass is 10.0. The van der Waals surface area contributed by atoms with Crippen LogP contribution in [0, 0.1) is 5.92 Å². The van der Waals surface area contributed by atoms with Gasteiger partial charge in [-0.2, -0.15) is 9.29 Å². The third-order valence-electron chi connectivity index (χ3n) is 12.4. The number of rotatable bonds is 45. The predicted molar refractivity (Wildman–Crippen MR) is 280 cm³/mol. The number of hydrogen-bond donors (Lipinski definition) is 5. The monoisotopic (exact) mass is 1080 g/mol. The first-order chi connectivity index (χ1) is 34.9. The summed E-state index contributed by atoms with van der Waals surface area (Å²) in [5, 5.41) is 20.9. The number of nitrogen functional groups attached to an aromatic ring is 1. The number of anilines is 1. The molecule has 19 nitrogen and oxygen atoms in total. The Hall–Kier alpha value is -3.09. The van der Waals surface area contributed by atoms with Crippen molar-refractivity contribution in [2.45, 2.75) is 238 Å². The number of ketones is 1. The first-order valence-electron chi connectivity index (χ1n) is 27.2. The SMILES string of the molecule is CCCCCC(=O)/C=C/C=C\CCCCCCCC(=O)O[C@H](COC(=O)CCCCCCCCCCCCCCCCCCC(C)C)COP(=O)(O)OP(=O)(O)OC[C@H]1O[C@@H](n2ccc(N)nc2=O)[C@H](O)[C@@H]1O. The van der Waals surface area contributed by atoms with Gasteiger partial charge in [-0.05, 0) is 50.2 Å². The fourth-order valence-corrected chi connectivity index (χ4v) is 10.3. The van der Waals surface area contributed by atoms with Gasteiger partial charge in [0.1, 0.15) is 30.7 Å². The highest BCUT2D eigenvalue weighted by Crippen LogP contribution is 2.60. The van der Waals surface area contributed by atoms with Gasteiger partial charge >= 0.3 is 33.3 Å². The molecule has 1 aliphatic rings. The van der Waals surface area contributed by atoms with Gasteiger partial charge in [-0.25, -0.2) is 13.9 Å². The second-order valence-corrected chi connectivity index (χ2v) is 22.6. The van der Waals surface area contributed by atoms with E-state index in [0.717, 1.165) is 93.7 Å². The minimum absolute atomic E-state index is 0.00137. The normalized spacial score (nSPS) is 19.1. The van der Waals surface area contributed by atoms with Crippen LogP contribution < -0.4 is 11.4 Å². The first-order valence-corrected chi connectivity index (χ1v) is 30.2. The minimum Gasteiger partial charge on any atom is -0.462 e. The van der Waals surface area contributed by atoms with Gasteiger partial charge in [0.15, 0.2) is 18.1 Å². The molecule has 1 fully saturated rings. The van der Waals surface area contributed by atoms with Gasteiger partial charge in [-0.15, -0.1) is 0 Å². The molecule has 73 heavy (non-hydrogen) atoms. The molecule has 420 valence electrons. The summed E-state index contributed by atoms with van der Waals surface area (Å²) in [5.41, 5.74) is 4.58. The Balaban J connectivity index is 1.78. The molecule has 0 aliphatic carbocycles. The van der Waals surface area contributed by atoms with Crippen LogP contribution >= 0.6 is 15.6 Å². The second-order valence-electron chi connectivity index (χ2n) is 19.6.